The first-order valence-electron chi connectivity index (χ1n) is 9.15. The molecule has 28 heavy (non-hydrogen) atoms. The van der Waals surface area contributed by atoms with Gasteiger partial charge in [-0.25, -0.2) is 14.8 Å². The molecule has 1 fully saturated rings. The SMILES string of the molecule is Cc1nc(Nc2cc(N[C@@H]3CCCC[C@@H]3N)cnc2C(N)=O)ccc1C(=O)O. The highest BCUT2D eigenvalue weighted by atomic mass is 16.4. The number of aromatic nitrogens is 2. The van der Waals surface area contributed by atoms with Gasteiger partial charge in [-0.2, -0.15) is 0 Å². The maximum absolute atomic E-state index is 11.8. The number of rotatable bonds is 6. The molecule has 1 saturated carbocycles. The Kier molecular flexibility index (Phi) is 5.74. The van der Waals surface area contributed by atoms with Crippen LogP contribution >= 0.6 is 0 Å². The number of hydrogen-bond acceptors (Lipinski definition) is 7. The van der Waals surface area contributed by atoms with Crippen molar-refractivity contribution in [1.82, 2.24) is 9.97 Å². The van der Waals surface area contributed by atoms with Gasteiger partial charge in [0, 0.05) is 12.1 Å². The molecule has 0 spiro atoms. The van der Waals surface area contributed by atoms with Gasteiger partial charge in [-0.3, -0.25) is 4.79 Å². The summed E-state index contributed by atoms with van der Waals surface area (Å²) in [5.41, 5.74) is 13.3. The molecule has 7 N–H and O–H groups in total. The highest BCUT2D eigenvalue weighted by Crippen LogP contribution is 2.26. The van der Waals surface area contributed by atoms with Crippen molar-refractivity contribution in [3.05, 3.63) is 41.3 Å². The van der Waals surface area contributed by atoms with Gasteiger partial charge >= 0.3 is 5.97 Å². The lowest BCUT2D eigenvalue weighted by atomic mass is 9.91. The predicted octanol–water partition coefficient (Wildman–Crippen LogP) is 2.01. The molecule has 1 aliphatic rings. The Bertz CT molecular complexity index is 901. The van der Waals surface area contributed by atoms with Gasteiger partial charge in [0.25, 0.3) is 5.91 Å². The summed E-state index contributed by atoms with van der Waals surface area (Å²) in [6.45, 7) is 1.60. The van der Waals surface area contributed by atoms with E-state index in [1.165, 1.54) is 12.1 Å². The Morgan fingerprint density at radius 2 is 2.00 bits per heavy atom. The van der Waals surface area contributed by atoms with Gasteiger partial charge in [-0.05, 0) is 38.0 Å². The molecule has 0 saturated heterocycles. The summed E-state index contributed by atoms with van der Waals surface area (Å²) in [7, 11) is 0. The molecule has 9 nitrogen and oxygen atoms in total. The fourth-order valence-electron chi connectivity index (χ4n) is 3.38. The molecule has 1 amide bonds. The molecule has 9 heteroatoms. The summed E-state index contributed by atoms with van der Waals surface area (Å²) in [5.74, 6) is -1.34. The van der Waals surface area contributed by atoms with Crippen molar-refractivity contribution in [3.63, 3.8) is 0 Å². The lowest BCUT2D eigenvalue weighted by Gasteiger charge is -2.30. The second kappa shape index (κ2) is 8.22. The molecule has 2 atom stereocenters. The fraction of sp³-hybridized carbons (Fsp3) is 0.368. The van der Waals surface area contributed by atoms with Crippen LogP contribution in [-0.2, 0) is 0 Å². The maximum atomic E-state index is 11.8. The summed E-state index contributed by atoms with van der Waals surface area (Å²) in [4.78, 5) is 31.3. The standard InChI is InChI=1S/C19H24N6O3/c1-10-12(19(27)28)6-7-16(23-10)25-15-8-11(9-22-17(15)18(21)26)24-14-5-3-2-4-13(14)20/h6-9,13-14,24H,2-5,20H2,1H3,(H2,21,26)(H,23,25)(H,27,28)/t13-,14+/m0/s1. The van der Waals surface area contributed by atoms with Crippen molar-refractivity contribution >= 4 is 29.1 Å². The van der Waals surface area contributed by atoms with Crippen LogP contribution in [0.4, 0.5) is 17.2 Å². The zero-order chi connectivity index (χ0) is 20.3. The Hall–Kier alpha value is -3.20. The van der Waals surface area contributed by atoms with E-state index in [4.69, 9.17) is 16.6 Å². The zero-order valence-electron chi connectivity index (χ0n) is 15.6. The van der Waals surface area contributed by atoms with Crippen LogP contribution in [-0.4, -0.2) is 39.0 Å². The molecule has 148 valence electrons. The third-order valence-electron chi connectivity index (χ3n) is 4.87. The number of aryl methyl sites for hydroxylation is 1. The number of nitrogens with zero attached hydrogens (tertiary/aromatic N) is 2. The molecule has 1 aliphatic carbocycles. The van der Waals surface area contributed by atoms with E-state index in [0.717, 1.165) is 25.7 Å². The van der Waals surface area contributed by atoms with Crippen molar-refractivity contribution in [2.75, 3.05) is 10.6 Å². The lowest BCUT2D eigenvalue weighted by molar-refractivity contribution is 0.0695. The first kappa shape index (κ1) is 19.6. The molecule has 2 aromatic rings. The largest absolute Gasteiger partial charge is 0.478 e. The summed E-state index contributed by atoms with van der Waals surface area (Å²) in [6, 6.07) is 4.91. The number of amides is 1. The van der Waals surface area contributed by atoms with Crippen molar-refractivity contribution in [1.29, 1.82) is 0 Å². The number of carbonyl (C=O) groups excluding carboxylic acids is 1. The molecular formula is C19H24N6O3. The molecule has 2 aromatic heterocycles. The van der Waals surface area contributed by atoms with Gasteiger partial charge < -0.3 is 27.2 Å². The van der Waals surface area contributed by atoms with Crippen molar-refractivity contribution in [2.45, 2.75) is 44.7 Å². The number of aromatic carboxylic acids is 1. The van der Waals surface area contributed by atoms with Crippen LogP contribution in [0.5, 0.6) is 0 Å². The van der Waals surface area contributed by atoms with E-state index in [0.29, 0.717) is 22.9 Å². The van der Waals surface area contributed by atoms with E-state index in [9.17, 15) is 9.59 Å². The monoisotopic (exact) mass is 384 g/mol. The van der Waals surface area contributed by atoms with Gasteiger partial charge in [0.05, 0.1) is 28.8 Å². The average Bonchev–Trinajstić information content (AvgIpc) is 2.63. The molecule has 0 aromatic carbocycles. The minimum atomic E-state index is -1.05. The van der Waals surface area contributed by atoms with Gasteiger partial charge in [0.2, 0.25) is 0 Å². The summed E-state index contributed by atoms with van der Waals surface area (Å²) in [6.07, 6.45) is 5.73. The highest BCUT2D eigenvalue weighted by Gasteiger charge is 2.22. The number of pyridine rings is 2. The lowest BCUT2D eigenvalue weighted by Crippen LogP contribution is -2.42. The number of nitrogens with two attached hydrogens (primary N) is 2. The number of nitrogens with one attached hydrogen (secondary N) is 2. The maximum Gasteiger partial charge on any atom is 0.337 e. The number of carboxylic acid groups (broad SMARTS) is 1. The van der Waals surface area contributed by atoms with E-state index >= 15 is 0 Å². The quantitative estimate of drug-likeness (QED) is 0.506. The molecule has 0 radical (unpaired) electrons. The second-order valence-corrected chi connectivity index (χ2v) is 6.94. The fourth-order valence-corrected chi connectivity index (χ4v) is 3.38. The predicted molar refractivity (Wildman–Crippen MR) is 106 cm³/mol. The Labute approximate surface area is 162 Å². The van der Waals surface area contributed by atoms with E-state index in [-0.39, 0.29) is 23.3 Å². The first-order chi connectivity index (χ1) is 13.3. The molecular weight excluding hydrogens is 360 g/mol. The second-order valence-electron chi connectivity index (χ2n) is 6.94. The minimum absolute atomic E-state index is 0.0638. The van der Waals surface area contributed by atoms with Crippen LogP contribution in [0.2, 0.25) is 0 Å². The third-order valence-corrected chi connectivity index (χ3v) is 4.87. The van der Waals surface area contributed by atoms with Gasteiger partial charge in [0.1, 0.15) is 5.82 Å². The Morgan fingerprint density at radius 1 is 1.25 bits per heavy atom. The van der Waals surface area contributed by atoms with Crippen LogP contribution in [0, 0.1) is 6.92 Å². The van der Waals surface area contributed by atoms with Crippen LogP contribution in [0.15, 0.2) is 24.4 Å². The van der Waals surface area contributed by atoms with Gasteiger partial charge in [0.15, 0.2) is 5.69 Å². The van der Waals surface area contributed by atoms with E-state index in [1.807, 2.05) is 0 Å². The third kappa shape index (κ3) is 4.37. The summed E-state index contributed by atoms with van der Waals surface area (Å²) in [5, 5.41) is 15.5. The Balaban J connectivity index is 1.86. The van der Waals surface area contributed by atoms with Crippen LogP contribution in [0.1, 0.15) is 52.2 Å². The summed E-state index contributed by atoms with van der Waals surface area (Å²) < 4.78 is 0. The molecule has 3 rings (SSSR count). The van der Waals surface area contributed by atoms with Crippen LogP contribution in [0.3, 0.4) is 0 Å². The van der Waals surface area contributed by atoms with Crippen molar-refractivity contribution in [3.8, 4) is 0 Å². The minimum Gasteiger partial charge on any atom is -0.478 e. The molecule has 0 bridgehead atoms. The van der Waals surface area contributed by atoms with E-state index in [1.54, 1.807) is 19.2 Å². The highest BCUT2D eigenvalue weighted by molar-refractivity contribution is 5.97. The van der Waals surface area contributed by atoms with Crippen LogP contribution in [0.25, 0.3) is 0 Å². The smallest absolute Gasteiger partial charge is 0.337 e. The van der Waals surface area contributed by atoms with Crippen LogP contribution < -0.4 is 22.1 Å². The summed E-state index contributed by atoms with van der Waals surface area (Å²) >= 11 is 0. The Morgan fingerprint density at radius 3 is 2.64 bits per heavy atom. The molecule has 0 unspecified atom stereocenters. The molecule has 0 aliphatic heterocycles. The number of carbonyl (C=O) groups is 2. The van der Waals surface area contributed by atoms with Gasteiger partial charge in [-0.1, -0.05) is 12.8 Å². The first-order valence-corrected chi connectivity index (χ1v) is 9.15. The zero-order valence-corrected chi connectivity index (χ0v) is 15.6. The number of carboxylic acids is 1. The number of anilines is 3. The number of primary amides is 1. The molecule has 2 heterocycles. The number of hydrogen-bond donors (Lipinski definition) is 5. The topological polar surface area (TPSA) is 156 Å². The normalized spacial score (nSPS) is 19.1. The van der Waals surface area contributed by atoms with Crippen molar-refractivity contribution < 1.29 is 14.7 Å². The van der Waals surface area contributed by atoms with E-state index < -0.39 is 11.9 Å². The van der Waals surface area contributed by atoms with E-state index in [2.05, 4.69) is 20.6 Å². The average molecular weight is 384 g/mol. The van der Waals surface area contributed by atoms with Gasteiger partial charge in [-0.15, -0.1) is 0 Å². The van der Waals surface area contributed by atoms with Crippen molar-refractivity contribution in [2.24, 2.45) is 11.5 Å².